The van der Waals surface area contributed by atoms with E-state index < -0.39 is 0 Å². The second-order valence-electron chi connectivity index (χ2n) is 3.93. The van der Waals surface area contributed by atoms with Crippen LogP contribution in [-0.2, 0) is 6.54 Å². The summed E-state index contributed by atoms with van der Waals surface area (Å²) in [5.41, 5.74) is 1.26. The molecular formula is C11H16N2O. The molecule has 1 fully saturated rings. The maximum Gasteiger partial charge on any atom is 0.0471 e. The van der Waals surface area contributed by atoms with Crippen molar-refractivity contribution in [2.24, 2.45) is 5.92 Å². The summed E-state index contributed by atoms with van der Waals surface area (Å²) < 4.78 is 0. The summed E-state index contributed by atoms with van der Waals surface area (Å²) in [6.07, 6.45) is 4.83. The summed E-state index contributed by atoms with van der Waals surface area (Å²) in [6, 6.07) is 4.06. The highest BCUT2D eigenvalue weighted by Gasteiger charge is 2.21. The standard InChI is InChI=1S/C11H16N2O/c14-9-11-3-5-13(8-11)7-10-2-1-4-12-6-10/h1-2,4,6,11,14H,3,5,7-9H2. The van der Waals surface area contributed by atoms with Gasteiger partial charge in [0.2, 0.25) is 0 Å². The Bertz CT molecular complexity index is 276. The molecule has 14 heavy (non-hydrogen) atoms. The zero-order valence-electron chi connectivity index (χ0n) is 8.26. The minimum absolute atomic E-state index is 0.323. The minimum Gasteiger partial charge on any atom is -0.396 e. The molecule has 1 saturated heterocycles. The highest BCUT2D eigenvalue weighted by atomic mass is 16.3. The Hall–Kier alpha value is -0.930. The normalized spacial score (nSPS) is 22.8. The Morgan fingerprint density at radius 2 is 2.50 bits per heavy atom. The molecule has 1 aliphatic heterocycles. The Balaban J connectivity index is 1.88. The minimum atomic E-state index is 0.323. The molecule has 1 unspecified atom stereocenters. The second kappa shape index (κ2) is 4.53. The number of rotatable bonds is 3. The third kappa shape index (κ3) is 2.30. The molecule has 1 aliphatic rings. The van der Waals surface area contributed by atoms with Gasteiger partial charge in [-0.2, -0.15) is 0 Å². The van der Waals surface area contributed by atoms with Crippen molar-refractivity contribution in [1.82, 2.24) is 9.88 Å². The summed E-state index contributed by atoms with van der Waals surface area (Å²) in [5, 5.41) is 9.01. The predicted molar refractivity (Wildman–Crippen MR) is 54.7 cm³/mol. The molecule has 0 saturated carbocycles. The molecule has 3 nitrogen and oxygen atoms in total. The average molecular weight is 192 g/mol. The van der Waals surface area contributed by atoms with Gasteiger partial charge in [0.05, 0.1) is 0 Å². The van der Waals surface area contributed by atoms with Gasteiger partial charge in [0.15, 0.2) is 0 Å². The highest BCUT2D eigenvalue weighted by Crippen LogP contribution is 2.17. The molecule has 1 aromatic rings. The van der Waals surface area contributed by atoms with Gasteiger partial charge in [0, 0.05) is 32.1 Å². The van der Waals surface area contributed by atoms with Gasteiger partial charge < -0.3 is 5.11 Å². The molecule has 0 aromatic carbocycles. The van der Waals surface area contributed by atoms with E-state index in [1.165, 1.54) is 5.56 Å². The molecule has 0 amide bonds. The summed E-state index contributed by atoms with van der Waals surface area (Å²) in [5.74, 6) is 0.478. The maximum atomic E-state index is 9.01. The van der Waals surface area contributed by atoms with E-state index in [2.05, 4.69) is 16.0 Å². The number of hydrogen-bond donors (Lipinski definition) is 1. The fraction of sp³-hybridized carbons (Fsp3) is 0.545. The third-order valence-electron chi connectivity index (χ3n) is 2.76. The molecule has 1 N–H and O–H groups in total. The molecule has 1 aromatic heterocycles. The first-order chi connectivity index (χ1) is 6.88. The summed E-state index contributed by atoms with van der Waals surface area (Å²) in [7, 11) is 0. The van der Waals surface area contributed by atoms with Gasteiger partial charge in [-0.25, -0.2) is 0 Å². The number of hydrogen-bond acceptors (Lipinski definition) is 3. The lowest BCUT2D eigenvalue weighted by molar-refractivity contribution is 0.220. The van der Waals surface area contributed by atoms with Crippen LogP contribution in [0.5, 0.6) is 0 Å². The quantitative estimate of drug-likeness (QED) is 0.773. The van der Waals surface area contributed by atoms with E-state index in [0.29, 0.717) is 12.5 Å². The number of pyridine rings is 1. The molecule has 0 aliphatic carbocycles. The average Bonchev–Trinajstić information content (AvgIpc) is 2.67. The molecule has 2 rings (SSSR count). The van der Waals surface area contributed by atoms with Crippen LogP contribution in [0.1, 0.15) is 12.0 Å². The smallest absolute Gasteiger partial charge is 0.0471 e. The molecule has 76 valence electrons. The van der Waals surface area contributed by atoms with Gasteiger partial charge in [0.25, 0.3) is 0 Å². The van der Waals surface area contributed by atoms with E-state index in [-0.39, 0.29) is 0 Å². The van der Waals surface area contributed by atoms with E-state index in [0.717, 1.165) is 26.1 Å². The van der Waals surface area contributed by atoms with E-state index in [4.69, 9.17) is 5.11 Å². The highest BCUT2D eigenvalue weighted by molar-refractivity contribution is 5.08. The van der Waals surface area contributed by atoms with Crippen LogP contribution in [-0.4, -0.2) is 34.7 Å². The van der Waals surface area contributed by atoms with Crippen molar-refractivity contribution >= 4 is 0 Å². The third-order valence-corrected chi connectivity index (χ3v) is 2.76. The van der Waals surface area contributed by atoms with Crippen LogP contribution in [0.2, 0.25) is 0 Å². The van der Waals surface area contributed by atoms with Crippen molar-refractivity contribution in [2.45, 2.75) is 13.0 Å². The SMILES string of the molecule is OCC1CCN(Cc2cccnc2)C1. The van der Waals surface area contributed by atoms with Gasteiger partial charge in [0.1, 0.15) is 0 Å². The van der Waals surface area contributed by atoms with Crippen molar-refractivity contribution in [1.29, 1.82) is 0 Å². The van der Waals surface area contributed by atoms with Gasteiger partial charge in [-0.3, -0.25) is 9.88 Å². The lowest BCUT2D eigenvalue weighted by atomic mass is 10.1. The van der Waals surface area contributed by atoms with Crippen LogP contribution in [0.15, 0.2) is 24.5 Å². The summed E-state index contributed by atoms with van der Waals surface area (Å²) >= 11 is 0. The van der Waals surface area contributed by atoms with E-state index in [1.54, 1.807) is 6.20 Å². The van der Waals surface area contributed by atoms with E-state index in [1.807, 2.05) is 12.3 Å². The maximum absolute atomic E-state index is 9.01. The topological polar surface area (TPSA) is 36.4 Å². The summed E-state index contributed by atoms with van der Waals surface area (Å²) in [6.45, 7) is 3.40. The molecule has 0 radical (unpaired) electrons. The van der Waals surface area contributed by atoms with Crippen LogP contribution in [0.3, 0.4) is 0 Å². The van der Waals surface area contributed by atoms with Crippen molar-refractivity contribution in [3.8, 4) is 0 Å². The monoisotopic (exact) mass is 192 g/mol. The number of likely N-dealkylation sites (tertiary alicyclic amines) is 1. The first-order valence-corrected chi connectivity index (χ1v) is 5.10. The zero-order chi connectivity index (χ0) is 9.80. The first-order valence-electron chi connectivity index (χ1n) is 5.10. The number of aromatic nitrogens is 1. The van der Waals surface area contributed by atoms with Crippen LogP contribution in [0.25, 0.3) is 0 Å². The molecule has 1 atom stereocenters. The molecular weight excluding hydrogens is 176 g/mol. The van der Waals surface area contributed by atoms with Crippen LogP contribution < -0.4 is 0 Å². The number of nitrogens with zero attached hydrogens (tertiary/aromatic N) is 2. The van der Waals surface area contributed by atoms with Gasteiger partial charge in [-0.1, -0.05) is 6.07 Å². The second-order valence-corrected chi connectivity index (χ2v) is 3.93. The Morgan fingerprint density at radius 3 is 3.14 bits per heavy atom. The van der Waals surface area contributed by atoms with E-state index in [9.17, 15) is 0 Å². The molecule has 0 bridgehead atoms. The van der Waals surface area contributed by atoms with Gasteiger partial charge in [-0.15, -0.1) is 0 Å². The molecule has 2 heterocycles. The van der Waals surface area contributed by atoms with Crippen LogP contribution in [0, 0.1) is 5.92 Å². The molecule has 3 heteroatoms. The first kappa shape index (κ1) is 9.62. The lowest BCUT2D eigenvalue weighted by Gasteiger charge is -2.14. The number of aliphatic hydroxyl groups is 1. The van der Waals surface area contributed by atoms with Crippen molar-refractivity contribution in [3.63, 3.8) is 0 Å². The van der Waals surface area contributed by atoms with Crippen molar-refractivity contribution < 1.29 is 5.11 Å². The van der Waals surface area contributed by atoms with Crippen molar-refractivity contribution in [2.75, 3.05) is 19.7 Å². The zero-order valence-corrected chi connectivity index (χ0v) is 8.26. The van der Waals surface area contributed by atoms with Gasteiger partial charge in [-0.05, 0) is 30.5 Å². The predicted octanol–water partition coefficient (Wildman–Crippen LogP) is 0.896. The Morgan fingerprint density at radius 1 is 1.57 bits per heavy atom. The number of aliphatic hydroxyl groups excluding tert-OH is 1. The lowest BCUT2D eigenvalue weighted by Crippen LogP contribution is -2.20. The van der Waals surface area contributed by atoms with Crippen LogP contribution in [0.4, 0.5) is 0 Å². The van der Waals surface area contributed by atoms with Crippen LogP contribution >= 0.6 is 0 Å². The fourth-order valence-electron chi connectivity index (χ4n) is 1.96. The summed E-state index contributed by atoms with van der Waals surface area (Å²) in [4.78, 5) is 6.46. The largest absolute Gasteiger partial charge is 0.396 e. The molecule has 0 spiro atoms. The fourth-order valence-corrected chi connectivity index (χ4v) is 1.96. The Labute approximate surface area is 84.4 Å². The van der Waals surface area contributed by atoms with Crippen molar-refractivity contribution in [3.05, 3.63) is 30.1 Å². The van der Waals surface area contributed by atoms with Gasteiger partial charge >= 0.3 is 0 Å². The Kier molecular flexibility index (Phi) is 3.11. The van der Waals surface area contributed by atoms with E-state index >= 15 is 0 Å².